The fourth-order valence-corrected chi connectivity index (χ4v) is 5.34. The van der Waals surface area contributed by atoms with Crippen molar-refractivity contribution in [2.24, 2.45) is 0 Å². The van der Waals surface area contributed by atoms with Gasteiger partial charge in [0.05, 0.1) is 18.4 Å². The van der Waals surface area contributed by atoms with Crippen molar-refractivity contribution < 1.29 is 44.2 Å². The van der Waals surface area contributed by atoms with E-state index in [1.54, 1.807) is 30.3 Å². The summed E-state index contributed by atoms with van der Waals surface area (Å²) in [4.78, 5) is 15.7. The number of nitrogens with one attached hydrogen (secondary N) is 2. The van der Waals surface area contributed by atoms with Crippen molar-refractivity contribution in [2.45, 2.75) is 24.4 Å². The van der Waals surface area contributed by atoms with Crippen molar-refractivity contribution in [3.63, 3.8) is 0 Å². The van der Waals surface area contributed by atoms with E-state index in [4.69, 9.17) is 9.47 Å². The van der Waals surface area contributed by atoms with E-state index in [2.05, 4.69) is 9.71 Å². The van der Waals surface area contributed by atoms with Crippen molar-refractivity contribution in [3.8, 4) is 28.5 Å². The Balaban J connectivity index is 2.08. The number of aromatic nitrogens is 1. The van der Waals surface area contributed by atoms with Gasteiger partial charge in [0.15, 0.2) is 11.6 Å². The third-order valence-electron chi connectivity index (χ3n) is 6.28. The van der Waals surface area contributed by atoms with E-state index in [0.717, 1.165) is 20.2 Å². The fraction of sp³-hybridized carbons (Fsp3) is 0.179. The second-order valence-electron chi connectivity index (χ2n) is 8.95. The van der Waals surface area contributed by atoms with E-state index in [1.165, 1.54) is 6.92 Å². The molecule has 4 rings (SSSR count). The van der Waals surface area contributed by atoms with Crippen molar-refractivity contribution in [1.29, 1.82) is 0 Å². The summed E-state index contributed by atoms with van der Waals surface area (Å²) >= 11 is 0. The van der Waals surface area contributed by atoms with Crippen LogP contribution in [-0.4, -0.2) is 27.6 Å². The Kier molecular flexibility index (Phi) is 8.41. The van der Waals surface area contributed by atoms with Crippen LogP contribution in [0, 0.1) is 24.4 Å². The summed E-state index contributed by atoms with van der Waals surface area (Å²) in [5, 5.41) is 0. The quantitative estimate of drug-likeness (QED) is 0.235. The molecule has 0 atom stereocenters. The van der Waals surface area contributed by atoms with Crippen molar-refractivity contribution in [2.75, 3.05) is 14.2 Å². The number of H-pyrrole nitrogens is 1. The smallest absolute Gasteiger partial charge is 0.419 e. The van der Waals surface area contributed by atoms with Crippen LogP contribution in [0.25, 0.3) is 11.3 Å². The lowest BCUT2D eigenvalue weighted by atomic mass is 9.96. The van der Waals surface area contributed by atoms with E-state index in [-0.39, 0.29) is 23.4 Å². The predicted molar refractivity (Wildman–Crippen MR) is 141 cm³/mol. The highest BCUT2D eigenvalue weighted by molar-refractivity contribution is 7.89. The number of alkyl halides is 3. The van der Waals surface area contributed by atoms with Crippen LogP contribution in [0.5, 0.6) is 17.2 Å². The van der Waals surface area contributed by atoms with Gasteiger partial charge in [-0.2, -0.15) is 17.6 Å². The lowest BCUT2D eigenvalue weighted by Crippen LogP contribution is -2.29. The minimum atomic E-state index is -5.19. The number of methoxy groups -OCH3 is 1. The van der Waals surface area contributed by atoms with E-state index in [9.17, 15) is 39.6 Å². The van der Waals surface area contributed by atoms with Gasteiger partial charge < -0.3 is 14.5 Å². The van der Waals surface area contributed by atoms with Crippen LogP contribution in [0.3, 0.4) is 0 Å². The Morgan fingerprint density at radius 3 is 2.21 bits per heavy atom. The topological polar surface area (TPSA) is 97.5 Å². The van der Waals surface area contributed by atoms with Gasteiger partial charge in [-0.25, -0.2) is 21.9 Å². The number of aryl methyl sites for hydroxylation is 1. The molecule has 0 saturated carbocycles. The second-order valence-corrected chi connectivity index (χ2v) is 10.8. The minimum absolute atomic E-state index is 0.210. The highest BCUT2D eigenvalue weighted by Crippen LogP contribution is 2.43. The normalized spacial score (nSPS) is 11.9. The van der Waals surface area contributed by atoms with Gasteiger partial charge >= 0.3 is 6.18 Å². The van der Waals surface area contributed by atoms with Crippen LogP contribution in [0.4, 0.5) is 26.3 Å². The zero-order valence-corrected chi connectivity index (χ0v) is 22.9. The van der Waals surface area contributed by atoms with Crippen molar-refractivity contribution in [3.05, 3.63) is 105 Å². The van der Waals surface area contributed by atoms with Gasteiger partial charge in [0.2, 0.25) is 27.0 Å². The molecule has 2 N–H and O–H groups in total. The first-order valence-electron chi connectivity index (χ1n) is 12.0. The van der Waals surface area contributed by atoms with Gasteiger partial charge in [0.25, 0.3) is 0 Å². The third kappa shape index (κ3) is 5.85. The lowest BCUT2D eigenvalue weighted by molar-refractivity contribution is -0.140. The Morgan fingerprint density at radius 2 is 1.62 bits per heavy atom. The lowest BCUT2D eigenvalue weighted by Gasteiger charge is -2.20. The molecule has 0 unspecified atom stereocenters. The maximum Gasteiger partial charge on any atom is 0.419 e. The zero-order valence-electron chi connectivity index (χ0n) is 22.1. The zero-order chi connectivity index (χ0) is 31.0. The minimum Gasteiger partial charge on any atom is -0.490 e. The van der Waals surface area contributed by atoms with Crippen LogP contribution in [0.1, 0.15) is 22.4 Å². The van der Waals surface area contributed by atoms with Crippen LogP contribution in [-0.2, 0) is 22.6 Å². The fourth-order valence-electron chi connectivity index (χ4n) is 4.32. The molecule has 0 fully saturated rings. The average molecular weight is 613 g/mol. The van der Waals surface area contributed by atoms with Crippen LogP contribution >= 0.6 is 0 Å². The Labute approximate surface area is 235 Å². The number of aromatic amines is 1. The standard InChI is InChI=1S/C28H22F6N2O5S/c1-14-27(42(38,39)35-2)25(37)17(11-15-7-5-4-6-8-15)24(36-14)16-12-20(30)18(28(32,33)34)13-22(16)41-21-10-9-19(29)23(31)26(21)40-3/h4-10,12-13,35H,11H2,1-3H3,(H,36,37). The molecular formula is C28H22F6N2O5S. The number of rotatable bonds is 8. The molecule has 3 aromatic carbocycles. The molecule has 222 valence electrons. The number of halogens is 6. The maximum atomic E-state index is 15.0. The Bertz CT molecular complexity index is 1820. The summed E-state index contributed by atoms with van der Waals surface area (Å²) in [5.74, 6) is -6.63. The summed E-state index contributed by atoms with van der Waals surface area (Å²) in [6, 6.07) is 10.5. The summed E-state index contributed by atoms with van der Waals surface area (Å²) in [7, 11) is -2.27. The van der Waals surface area contributed by atoms with Gasteiger partial charge in [0.1, 0.15) is 16.5 Å². The largest absolute Gasteiger partial charge is 0.490 e. The molecule has 0 bridgehead atoms. The van der Waals surface area contributed by atoms with Gasteiger partial charge in [-0.05, 0) is 43.8 Å². The molecule has 0 amide bonds. The predicted octanol–water partition coefficient (Wildman–Crippen LogP) is 6.09. The van der Waals surface area contributed by atoms with E-state index >= 15 is 0 Å². The van der Waals surface area contributed by atoms with Crippen LogP contribution < -0.4 is 19.6 Å². The molecule has 42 heavy (non-hydrogen) atoms. The molecule has 0 aliphatic carbocycles. The molecule has 14 heteroatoms. The first-order chi connectivity index (χ1) is 19.7. The van der Waals surface area contributed by atoms with Gasteiger partial charge in [-0.3, -0.25) is 4.79 Å². The first kappa shape index (κ1) is 30.7. The molecule has 0 radical (unpaired) electrons. The maximum absolute atomic E-state index is 15.0. The summed E-state index contributed by atoms with van der Waals surface area (Å²) < 4.78 is 122. The molecule has 7 nitrogen and oxygen atoms in total. The molecule has 4 aromatic rings. The number of sulfonamides is 1. The van der Waals surface area contributed by atoms with Crippen molar-refractivity contribution in [1.82, 2.24) is 9.71 Å². The van der Waals surface area contributed by atoms with E-state index in [1.807, 2.05) is 0 Å². The monoisotopic (exact) mass is 612 g/mol. The number of pyridine rings is 1. The second kappa shape index (κ2) is 11.5. The summed E-state index contributed by atoms with van der Waals surface area (Å²) in [6.07, 6.45) is -5.42. The van der Waals surface area contributed by atoms with Crippen LogP contribution in [0.15, 0.2) is 64.3 Å². The Hall–Kier alpha value is -4.30. The Morgan fingerprint density at radius 1 is 0.952 bits per heavy atom. The molecule has 1 aromatic heterocycles. The highest BCUT2D eigenvalue weighted by atomic mass is 32.2. The molecular weight excluding hydrogens is 590 g/mol. The molecule has 0 aliphatic heterocycles. The number of hydrogen-bond donors (Lipinski definition) is 2. The van der Waals surface area contributed by atoms with Crippen LogP contribution in [0.2, 0.25) is 0 Å². The van der Waals surface area contributed by atoms with Gasteiger partial charge in [0, 0.05) is 23.2 Å². The molecule has 0 aliphatic rings. The molecule has 0 spiro atoms. The number of hydrogen-bond acceptors (Lipinski definition) is 5. The first-order valence-corrected chi connectivity index (χ1v) is 13.5. The number of benzene rings is 3. The van der Waals surface area contributed by atoms with Crippen molar-refractivity contribution >= 4 is 10.0 Å². The summed E-state index contributed by atoms with van der Waals surface area (Å²) in [6.45, 7) is 1.24. The third-order valence-corrected chi connectivity index (χ3v) is 7.84. The van der Waals surface area contributed by atoms with Gasteiger partial charge in [-0.15, -0.1) is 0 Å². The average Bonchev–Trinajstić information content (AvgIpc) is 2.93. The van der Waals surface area contributed by atoms with E-state index in [0.29, 0.717) is 23.8 Å². The van der Waals surface area contributed by atoms with Gasteiger partial charge in [-0.1, -0.05) is 30.3 Å². The molecule has 1 heterocycles. The SMILES string of the molecule is CNS(=O)(=O)c1c(C)[nH]c(-c2cc(F)c(C(F)(F)F)cc2Oc2ccc(F)c(F)c2OC)c(Cc2ccccc2)c1=O. The van der Waals surface area contributed by atoms with E-state index < -0.39 is 72.4 Å². The number of ether oxygens (including phenoxy) is 2. The summed E-state index contributed by atoms with van der Waals surface area (Å²) in [5.41, 5.74) is -3.40. The highest BCUT2D eigenvalue weighted by Gasteiger charge is 2.36. The molecule has 0 saturated heterocycles.